The summed E-state index contributed by atoms with van der Waals surface area (Å²) in [6, 6.07) is 6.81. The highest BCUT2D eigenvalue weighted by atomic mass is 35.5. The third kappa shape index (κ3) is 3.66. The molecule has 2 N–H and O–H groups in total. The predicted octanol–water partition coefficient (Wildman–Crippen LogP) is 2.55. The van der Waals surface area contributed by atoms with Crippen molar-refractivity contribution >= 4 is 12.4 Å². The van der Waals surface area contributed by atoms with E-state index in [1.807, 2.05) is 6.07 Å². The van der Waals surface area contributed by atoms with Crippen LogP contribution in [0.15, 0.2) is 24.3 Å². The number of rotatable bonds is 3. The van der Waals surface area contributed by atoms with Crippen molar-refractivity contribution in [3.05, 3.63) is 35.6 Å². The van der Waals surface area contributed by atoms with Gasteiger partial charge in [0.05, 0.1) is 0 Å². The van der Waals surface area contributed by atoms with E-state index in [-0.39, 0.29) is 23.6 Å². The van der Waals surface area contributed by atoms with Crippen LogP contribution < -0.4 is 5.73 Å². The second-order valence-corrected chi connectivity index (χ2v) is 4.62. The van der Waals surface area contributed by atoms with Gasteiger partial charge < -0.3 is 10.5 Å². The number of hydrogen-bond acceptors (Lipinski definition) is 2. The van der Waals surface area contributed by atoms with E-state index in [1.165, 1.54) is 6.07 Å². The maximum atomic E-state index is 13.1. The fraction of sp³-hybridized carbons (Fsp3) is 0.538. The van der Waals surface area contributed by atoms with Gasteiger partial charge in [-0.2, -0.15) is 0 Å². The van der Waals surface area contributed by atoms with Crippen LogP contribution in [0.3, 0.4) is 0 Å². The van der Waals surface area contributed by atoms with Crippen molar-refractivity contribution in [2.24, 2.45) is 11.1 Å². The highest BCUT2D eigenvalue weighted by Crippen LogP contribution is 2.33. The number of halogens is 2. The topological polar surface area (TPSA) is 35.2 Å². The maximum Gasteiger partial charge on any atom is 0.123 e. The fourth-order valence-corrected chi connectivity index (χ4v) is 2.34. The average Bonchev–Trinajstić information content (AvgIpc) is 2.30. The molecule has 0 radical (unpaired) electrons. The summed E-state index contributed by atoms with van der Waals surface area (Å²) in [6.45, 7) is 2.19. The Kier molecular flexibility index (Phi) is 5.37. The first-order valence-electron chi connectivity index (χ1n) is 5.76. The molecule has 0 aromatic heterocycles. The molecule has 4 heteroatoms. The SMILES string of the molecule is Cl.NCC1(Cc2cccc(F)c2)CCOCC1. The summed E-state index contributed by atoms with van der Waals surface area (Å²) in [6.07, 6.45) is 2.80. The Hall–Kier alpha value is -0.640. The van der Waals surface area contributed by atoms with E-state index in [1.54, 1.807) is 12.1 Å². The van der Waals surface area contributed by atoms with Crippen LogP contribution in [-0.4, -0.2) is 19.8 Å². The van der Waals surface area contributed by atoms with E-state index in [0.717, 1.165) is 38.0 Å². The van der Waals surface area contributed by atoms with Crippen molar-refractivity contribution in [1.82, 2.24) is 0 Å². The molecule has 1 fully saturated rings. The molecule has 0 amide bonds. The van der Waals surface area contributed by atoms with Gasteiger partial charge in [0.1, 0.15) is 5.82 Å². The number of benzene rings is 1. The van der Waals surface area contributed by atoms with Crippen LogP contribution in [0.2, 0.25) is 0 Å². The Labute approximate surface area is 108 Å². The summed E-state index contributed by atoms with van der Waals surface area (Å²) in [4.78, 5) is 0. The van der Waals surface area contributed by atoms with E-state index in [9.17, 15) is 4.39 Å². The van der Waals surface area contributed by atoms with Gasteiger partial charge in [0, 0.05) is 13.2 Å². The first-order valence-corrected chi connectivity index (χ1v) is 5.76. The lowest BCUT2D eigenvalue weighted by Crippen LogP contribution is -2.38. The lowest BCUT2D eigenvalue weighted by Gasteiger charge is -2.36. The highest BCUT2D eigenvalue weighted by Gasteiger charge is 2.31. The zero-order chi connectivity index (χ0) is 11.4. The van der Waals surface area contributed by atoms with Gasteiger partial charge in [0.25, 0.3) is 0 Å². The summed E-state index contributed by atoms with van der Waals surface area (Å²) in [5.74, 6) is -0.170. The van der Waals surface area contributed by atoms with Gasteiger partial charge in [0.2, 0.25) is 0 Å². The van der Waals surface area contributed by atoms with Crippen LogP contribution in [0.4, 0.5) is 4.39 Å². The van der Waals surface area contributed by atoms with Crippen molar-refractivity contribution in [3.8, 4) is 0 Å². The smallest absolute Gasteiger partial charge is 0.123 e. The van der Waals surface area contributed by atoms with Gasteiger partial charge in [-0.15, -0.1) is 12.4 Å². The molecule has 1 aliphatic heterocycles. The molecular formula is C13H19ClFNO. The van der Waals surface area contributed by atoms with Gasteiger partial charge in [0.15, 0.2) is 0 Å². The molecule has 0 spiro atoms. The molecule has 1 saturated heterocycles. The lowest BCUT2D eigenvalue weighted by molar-refractivity contribution is 0.0191. The van der Waals surface area contributed by atoms with Crippen molar-refractivity contribution in [2.75, 3.05) is 19.8 Å². The Balaban J connectivity index is 0.00000144. The first-order chi connectivity index (χ1) is 7.74. The molecule has 1 aromatic rings. The molecule has 1 aromatic carbocycles. The van der Waals surface area contributed by atoms with E-state index >= 15 is 0 Å². The molecule has 1 heterocycles. The van der Waals surface area contributed by atoms with Crippen LogP contribution in [0.25, 0.3) is 0 Å². The zero-order valence-corrected chi connectivity index (χ0v) is 10.6. The van der Waals surface area contributed by atoms with E-state index in [4.69, 9.17) is 10.5 Å². The second-order valence-electron chi connectivity index (χ2n) is 4.62. The predicted molar refractivity (Wildman–Crippen MR) is 68.9 cm³/mol. The summed E-state index contributed by atoms with van der Waals surface area (Å²) in [7, 11) is 0. The summed E-state index contributed by atoms with van der Waals surface area (Å²) in [5.41, 5.74) is 7.01. The Morgan fingerprint density at radius 1 is 1.29 bits per heavy atom. The lowest BCUT2D eigenvalue weighted by atomic mass is 9.75. The molecule has 1 aliphatic rings. The van der Waals surface area contributed by atoms with Gasteiger partial charge in [-0.3, -0.25) is 0 Å². The minimum absolute atomic E-state index is 0. The van der Waals surface area contributed by atoms with Crippen LogP contribution in [0, 0.1) is 11.2 Å². The molecule has 96 valence electrons. The van der Waals surface area contributed by atoms with E-state index in [0.29, 0.717) is 6.54 Å². The van der Waals surface area contributed by atoms with Crippen LogP contribution in [0.5, 0.6) is 0 Å². The van der Waals surface area contributed by atoms with Crippen molar-refractivity contribution in [2.45, 2.75) is 19.3 Å². The van der Waals surface area contributed by atoms with Gasteiger partial charge >= 0.3 is 0 Å². The molecule has 2 rings (SSSR count). The second kappa shape index (κ2) is 6.34. The van der Waals surface area contributed by atoms with Crippen molar-refractivity contribution in [1.29, 1.82) is 0 Å². The minimum Gasteiger partial charge on any atom is -0.381 e. The average molecular weight is 260 g/mol. The van der Waals surface area contributed by atoms with E-state index in [2.05, 4.69) is 0 Å². The van der Waals surface area contributed by atoms with E-state index < -0.39 is 0 Å². The van der Waals surface area contributed by atoms with Crippen LogP contribution in [-0.2, 0) is 11.2 Å². The first kappa shape index (κ1) is 14.4. The molecule has 0 bridgehead atoms. The monoisotopic (exact) mass is 259 g/mol. The number of ether oxygens (including phenoxy) is 1. The Morgan fingerprint density at radius 2 is 2.00 bits per heavy atom. The molecule has 0 atom stereocenters. The Bertz CT molecular complexity index is 353. The zero-order valence-electron chi connectivity index (χ0n) is 9.82. The van der Waals surface area contributed by atoms with Gasteiger partial charge in [-0.1, -0.05) is 12.1 Å². The van der Waals surface area contributed by atoms with Gasteiger partial charge in [-0.25, -0.2) is 4.39 Å². The van der Waals surface area contributed by atoms with Crippen LogP contribution >= 0.6 is 12.4 Å². The Morgan fingerprint density at radius 3 is 2.59 bits per heavy atom. The van der Waals surface area contributed by atoms with Gasteiger partial charge in [-0.05, 0) is 48.9 Å². The van der Waals surface area contributed by atoms with Crippen molar-refractivity contribution in [3.63, 3.8) is 0 Å². The summed E-state index contributed by atoms with van der Waals surface area (Å²) < 4.78 is 18.5. The molecule has 0 saturated carbocycles. The molecular weight excluding hydrogens is 241 g/mol. The minimum atomic E-state index is -0.170. The number of hydrogen-bond donors (Lipinski definition) is 1. The summed E-state index contributed by atoms with van der Waals surface area (Å²) in [5, 5.41) is 0. The fourth-order valence-electron chi connectivity index (χ4n) is 2.34. The highest BCUT2D eigenvalue weighted by molar-refractivity contribution is 5.85. The molecule has 0 unspecified atom stereocenters. The number of nitrogens with two attached hydrogens (primary N) is 1. The third-order valence-corrected chi connectivity index (χ3v) is 3.45. The van der Waals surface area contributed by atoms with Crippen LogP contribution in [0.1, 0.15) is 18.4 Å². The maximum absolute atomic E-state index is 13.1. The normalized spacial score (nSPS) is 18.5. The van der Waals surface area contributed by atoms with Crippen molar-refractivity contribution < 1.29 is 9.13 Å². The molecule has 0 aliphatic carbocycles. The third-order valence-electron chi connectivity index (χ3n) is 3.45. The largest absolute Gasteiger partial charge is 0.381 e. The standard InChI is InChI=1S/C13H18FNO.ClH/c14-12-3-1-2-11(8-12)9-13(10-15)4-6-16-7-5-13;/h1-3,8H,4-7,9-10,15H2;1H. The quantitative estimate of drug-likeness (QED) is 0.906. The summed E-state index contributed by atoms with van der Waals surface area (Å²) >= 11 is 0. The molecule has 2 nitrogen and oxygen atoms in total. The molecule has 17 heavy (non-hydrogen) atoms.